The molecule has 1 aliphatic rings. The Morgan fingerprint density at radius 3 is 2.53 bits per heavy atom. The van der Waals surface area contributed by atoms with Crippen LogP contribution >= 0.6 is 11.6 Å². The van der Waals surface area contributed by atoms with E-state index in [0.717, 1.165) is 35.5 Å². The van der Waals surface area contributed by atoms with Crippen LogP contribution in [0.25, 0.3) is 10.9 Å². The Morgan fingerprint density at radius 2 is 1.77 bits per heavy atom. The monoisotopic (exact) mass is 447 g/mol. The summed E-state index contributed by atoms with van der Waals surface area (Å²) < 4.78 is 41.7. The predicted molar refractivity (Wildman–Crippen MR) is 118 cm³/mol. The van der Waals surface area contributed by atoms with Gasteiger partial charge >= 0.3 is 0 Å². The zero-order valence-electron chi connectivity index (χ0n) is 16.5. The minimum Gasteiger partial charge on any atom is -0.382 e. The molecular weight excluding hydrogens is 425 g/mol. The third kappa shape index (κ3) is 4.58. The summed E-state index contributed by atoms with van der Waals surface area (Å²) in [7, 11) is -3.75. The number of hydrogen-bond acceptors (Lipinski definition) is 4. The van der Waals surface area contributed by atoms with Gasteiger partial charge in [-0.05, 0) is 74.6 Å². The largest absolute Gasteiger partial charge is 0.382 e. The highest BCUT2D eigenvalue weighted by atomic mass is 35.5. The molecule has 1 aromatic heterocycles. The van der Waals surface area contributed by atoms with Gasteiger partial charge in [-0.15, -0.1) is 0 Å². The molecule has 30 heavy (non-hydrogen) atoms. The smallest absolute Gasteiger partial charge is 0.241 e. The molecule has 1 heterocycles. The molecule has 0 unspecified atom stereocenters. The molecule has 158 valence electrons. The van der Waals surface area contributed by atoms with Crippen LogP contribution in [-0.4, -0.2) is 25.5 Å². The van der Waals surface area contributed by atoms with Gasteiger partial charge < -0.3 is 5.32 Å². The van der Waals surface area contributed by atoms with E-state index in [1.54, 1.807) is 13.1 Å². The van der Waals surface area contributed by atoms with Gasteiger partial charge in [0.25, 0.3) is 0 Å². The van der Waals surface area contributed by atoms with Gasteiger partial charge in [0.1, 0.15) is 5.82 Å². The summed E-state index contributed by atoms with van der Waals surface area (Å²) in [6, 6.07) is 11.5. The van der Waals surface area contributed by atoms with Crippen molar-refractivity contribution in [3.05, 3.63) is 65.1 Å². The minimum atomic E-state index is -3.75. The number of anilines is 1. The number of aryl methyl sites for hydroxylation is 1. The van der Waals surface area contributed by atoms with Crippen molar-refractivity contribution in [2.75, 3.05) is 5.32 Å². The van der Waals surface area contributed by atoms with E-state index in [-0.39, 0.29) is 17.0 Å². The Bertz CT molecular complexity index is 1180. The highest BCUT2D eigenvalue weighted by Crippen LogP contribution is 2.29. The molecule has 0 amide bonds. The first-order chi connectivity index (χ1) is 14.3. The molecule has 2 aromatic carbocycles. The second-order valence-electron chi connectivity index (χ2n) is 7.74. The van der Waals surface area contributed by atoms with Crippen LogP contribution in [0.1, 0.15) is 31.2 Å². The summed E-state index contributed by atoms with van der Waals surface area (Å²) in [6.45, 7) is 1.67. The number of sulfonamides is 1. The van der Waals surface area contributed by atoms with Gasteiger partial charge in [0.2, 0.25) is 10.0 Å². The van der Waals surface area contributed by atoms with Gasteiger partial charge in [0.15, 0.2) is 0 Å². The normalized spacial score (nSPS) is 19.7. The summed E-state index contributed by atoms with van der Waals surface area (Å²) in [5.41, 5.74) is 2.36. The van der Waals surface area contributed by atoms with E-state index in [2.05, 4.69) is 15.0 Å². The summed E-state index contributed by atoms with van der Waals surface area (Å²) in [5.74, 6) is -0.556. The average Bonchev–Trinajstić information content (AvgIpc) is 2.71. The van der Waals surface area contributed by atoms with Crippen molar-refractivity contribution in [2.45, 2.75) is 49.6 Å². The van der Waals surface area contributed by atoms with E-state index in [1.165, 1.54) is 12.1 Å². The van der Waals surface area contributed by atoms with Crippen molar-refractivity contribution in [3.63, 3.8) is 0 Å². The van der Waals surface area contributed by atoms with Gasteiger partial charge in [-0.1, -0.05) is 17.7 Å². The maximum absolute atomic E-state index is 13.5. The third-order valence-corrected chi connectivity index (χ3v) is 7.45. The fraction of sp³-hybridized carbons (Fsp3) is 0.318. The van der Waals surface area contributed by atoms with Crippen LogP contribution in [0.4, 0.5) is 10.1 Å². The lowest BCUT2D eigenvalue weighted by Gasteiger charge is -2.30. The molecule has 0 radical (unpaired) electrons. The van der Waals surface area contributed by atoms with E-state index in [1.807, 2.05) is 24.3 Å². The first kappa shape index (κ1) is 21.0. The summed E-state index contributed by atoms with van der Waals surface area (Å²) in [4.78, 5) is 4.37. The van der Waals surface area contributed by atoms with Crippen LogP contribution in [0, 0.1) is 12.7 Å². The zero-order chi connectivity index (χ0) is 21.3. The maximum atomic E-state index is 13.5. The van der Waals surface area contributed by atoms with Crippen LogP contribution in [0.2, 0.25) is 5.02 Å². The lowest BCUT2D eigenvalue weighted by molar-refractivity contribution is 0.387. The summed E-state index contributed by atoms with van der Waals surface area (Å²) in [5, 5.41) is 5.22. The molecule has 2 N–H and O–H groups in total. The van der Waals surface area contributed by atoms with E-state index in [9.17, 15) is 12.8 Å². The lowest BCUT2D eigenvalue weighted by Crippen LogP contribution is -2.40. The minimum absolute atomic E-state index is 0.00432. The molecule has 0 bridgehead atoms. The molecule has 0 aliphatic heterocycles. The van der Waals surface area contributed by atoms with Crippen molar-refractivity contribution in [1.82, 2.24) is 9.71 Å². The van der Waals surface area contributed by atoms with Crippen LogP contribution < -0.4 is 10.0 Å². The Morgan fingerprint density at radius 1 is 1.03 bits per heavy atom. The highest BCUT2D eigenvalue weighted by molar-refractivity contribution is 7.89. The summed E-state index contributed by atoms with van der Waals surface area (Å²) in [6.07, 6.45) is 4.82. The molecule has 0 saturated heterocycles. The zero-order valence-corrected chi connectivity index (χ0v) is 18.1. The maximum Gasteiger partial charge on any atom is 0.241 e. The van der Waals surface area contributed by atoms with Crippen LogP contribution in [0.15, 0.2) is 53.6 Å². The number of nitrogens with zero attached hydrogens (tertiary/aromatic N) is 1. The number of aromatic nitrogens is 1. The number of fused-ring (bicyclic) bond motifs is 1. The van der Waals surface area contributed by atoms with Crippen molar-refractivity contribution in [2.24, 2.45) is 0 Å². The number of benzene rings is 2. The molecule has 0 spiro atoms. The predicted octanol–water partition coefficient (Wildman–Crippen LogP) is 5.04. The van der Waals surface area contributed by atoms with E-state index in [4.69, 9.17) is 11.6 Å². The SMILES string of the molecule is Cc1ccc(F)cc1S(=O)(=O)N[C@H]1CC[C@@H](Nc2ccnc3cc(Cl)ccc23)CC1. The molecule has 4 rings (SSSR count). The van der Waals surface area contributed by atoms with Gasteiger partial charge in [-0.3, -0.25) is 4.98 Å². The van der Waals surface area contributed by atoms with Crippen LogP contribution in [-0.2, 0) is 10.0 Å². The average molecular weight is 448 g/mol. The van der Waals surface area contributed by atoms with Crippen molar-refractivity contribution >= 4 is 38.2 Å². The molecule has 1 aliphatic carbocycles. The standard InChI is InChI=1S/C22H23ClFN3O2S/c1-14-2-4-16(24)13-22(14)30(28,29)27-18-7-5-17(6-8-18)26-20-10-11-25-21-12-15(23)3-9-19(20)21/h2-4,9-13,17-18,27H,5-8H2,1H3,(H,25,26)/t17-,18+. The lowest BCUT2D eigenvalue weighted by atomic mass is 9.91. The first-order valence-corrected chi connectivity index (χ1v) is 11.8. The highest BCUT2D eigenvalue weighted by Gasteiger charge is 2.27. The Balaban J connectivity index is 1.40. The summed E-state index contributed by atoms with van der Waals surface area (Å²) >= 11 is 6.06. The molecule has 0 atom stereocenters. The number of hydrogen-bond donors (Lipinski definition) is 2. The van der Waals surface area contributed by atoms with Gasteiger partial charge in [0, 0.05) is 34.4 Å². The van der Waals surface area contributed by atoms with Crippen LogP contribution in [0.3, 0.4) is 0 Å². The fourth-order valence-corrected chi connectivity index (χ4v) is 5.70. The van der Waals surface area contributed by atoms with Crippen LogP contribution in [0.5, 0.6) is 0 Å². The molecule has 5 nitrogen and oxygen atoms in total. The van der Waals surface area contributed by atoms with Crippen molar-refractivity contribution < 1.29 is 12.8 Å². The third-order valence-electron chi connectivity index (χ3n) is 5.55. The number of pyridine rings is 1. The Hall–Kier alpha value is -2.22. The molecule has 1 fully saturated rings. The fourth-order valence-electron chi connectivity index (χ4n) is 3.97. The van der Waals surface area contributed by atoms with Gasteiger partial charge in [-0.25, -0.2) is 17.5 Å². The topological polar surface area (TPSA) is 71.1 Å². The van der Waals surface area contributed by atoms with E-state index >= 15 is 0 Å². The number of rotatable bonds is 5. The molecule has 3 aromatic rings. The first-order valence-electron chi connectivity index (χ1n) is 9.91. The Kier molecular flexibility index (Phi) is 5.95. The number of nitrogens with one attached hydrogen (secondary N) is 2. The molecular formula is C22H23ClFN3O2S. The van der Waals surface area contributed by atoms with Crippen molar-refractivity contribution in [3.8, 4) is 0 Å². The van der Waals surface area contributed by atoms with Gasteiger partial charge in [0.05, 0.1) is 10.4 Å². The molecule has 8 heteroatoms. The number of halogens is 2. The van der Waals surface area contributed by atoms with Crippen molar-refractivity contribution in [1.29, 1.82) is 0 Å². The quantitative estimate of drug-likeness (QED) is 0.575. The van der Waals surface area contributed by atoms with E-state index in [0.29, 0.717) is 23.4 Å². The second kappa shape index (κ2) is 8.49. The van der Waals surface area contributed by atoms with Gasteiger partial charge in [-0.2, -0.15) is 0 Å². The Labute approximate surface area is 180 Å². The molecule has 1 saturated carbocycles. The second-order valence-corrected chi connectivity index (χ2v) is 9.86. The van der Waals surface area contributed by atoms with E-state index < -0.39 is 15.8 Å².